The summed E-state index contributed by atoms with van der Waals surface area (Å²) < 4.78 is 12.6. The van der Waals surface area contributed by atoms with Gasteiger partial charge in [-0.3, -0.25) is 14.4 Å². The van der Waals surface area contributed by atoms with Crippen molar-refractivity contribution in [2.45, 2.75) is 77.1 Å². The van der Waals surface area contributed by atoms with Gasteiger partial charge >= 0.3 is 5.97 Å². The average molecular weight is 447 g/mol. The van der Waals surface area contributed by atoms with E-state index in [0.717, 1.165) is 24.8 Å². The molecule has 0 aromatic rings. The Balaban J connectivity index is 1.60. The van der Waals surface area contributed by atoms with Gasteiger partial charge in [-0.05, 0) is 56.6 Å². The maximum absolute atomic E-state index is 13.4. The van der Waals surface area contributed by atoms with Crippen molar-refractivity contribution in [2.75, 3.05) is 5.88 Å². The first-order chi connectivity index (χ1) is 14.6. The van der Waals surface area contributed by atoms with Gasteiger partial charge in [0.15, 0.2) is 17.2 Å². The molecule has 168 valence electrons. The van der Waals surface area contributed by atoms with Crippen molar-refractivity contribution in [1.82, 2.24) is 0 Å². The van der Waals surface area contributed by atoms with E-state index in [4.69, 9.17) is 21.1 Å². The van der Waals surface area contributed by atoms with Crippen molar-refractivity contribution < 1.29 is 23.9 Å². The van der Waals surface area contributed by atoms with E-state index >= 15 is 0 Å². The number of halogens is 1. The molecule has 31 heavy (non-hydrogen) atoms. The summed E-state index contributed by atoms with van der Waals surface area (Å²) in [5.41, 5.74) is -1.22. The molecule has 0 N–H and O–H groups in total. The predicted octanol–water partition coefficient (Wildman–Crippen LogP) is 4.17. The average Bonchev–Trinajstić information content (AvgIpc) is 3.41. The second kappa shape index (κ2) is 6.54. The number of Topliss-reactive ketones (excluding diaryl/α,β-unsaturated/α-hetero) is 1. The number of hydrogen-bond donors (Lipinski definition) is 0. The monoisotopic (exact) mass is 446 g/mol. The number of hydrogen-bond acceptors (Lipinski definition) is 5. The number of rotatable bonds is 4. The number of alkyl halides is 1. The Hall–Kier alpha value is -1.46. The standard InChI is InChI=1S/C25H31ClO5/c1-5-21(29)31-24(19(28)13-26)14(2)10-18-17-7-6-15-11-16(27)8-9-22(15,3)25(17)20(30-25)12-23(18,24)4/h8-9,11,14,17-18,20H,5-7,10,12-13H2,1-4H3/t14-,17?,18-,20+,22-,23-,24-,25-/m0/s1. The summed E-state index contributed by atoms with van der Waals surface area (Å²) in [5, 5.41) is 0. The summed E-state index contributed by atoms with van der Waals surface area (Å²) >= 11 is 6.10. The van der Waals surface area contributed by atoms with E-state index in [0.29, 0.717) is 6.42 Å². The van der Waals surface area contributed by atoms with Crippen LogP contribution < -0.4 is 0 Å². The van der Waals surface area contributed by atoms with Gasteiger partial charge in [-0.15, -0.1) is 11.6 Å². The molecule has 5 rings (SSSR count). The van der Waals surface area contributed by atoms with Gasteiger partial charge in [0.25, 0.3) is 0 Å². The molecular formula is C25H31ClO5. The topological polar surface area (TPSA) is 73.0 Å². The van der Waals surface area contributed by atoms with E-state index in [9.17, 15) is 14.4 Å². The molecule has 6 heteroatoms. The van der Waals surface area contributed by atoms with Gasteiger partial charge in [0.2, 0.25) is 0 Å². The maximum Gasteiger partial charge on any atom is 0.306 e. The Labute approximate surface area is 188 Å². The Morgan fingerprint density at radius 2 is 2.03 bits per heavy atom. The Kier molecular flexibility index (Phi) is 4.51. The van der Waals surface area contributed by atoms with Crippen LogP contribution in [0.2, 0.25) is 0 Å². The zero-order valence-corrected chi connectivity index (χ0v) is 19.5. The minimum absolute atomic E-state index is 0.0292. The van der Waals surface area contributed by atoms with Crippen LogP contribution in [0.5, 0.6) is 0 Å². The minimum atomic E-state index is -1.21. The van der Waals surface area contributed by atoms with E-state index in [1.165, 1.54) is 0 Å². The molecule has 0 aromatic heterocycles. The molecular weight excluding hydrogens is 416 g/mol. The number of carbonyl (C=O) groups excluding carboxylic acids is 3. The first kappa shape index (κ1) is 21.4. The van der Waals surface area contributed by atoms with Crippen molar-refractivity contribution in [3.8, 4) is 0 Å². The Morgan fingerprint density at radius 3 is 2.71 bits per heavy atom. The molecule has 0 amide bonds. The second-order valence-electron chi connectivity index (χ2n) is 10.6. The third-order valence-electron chi connectivity index (χ3n) is 9.57. The molecule has 4 fully saturated rings. The highest BCUT2D eigenvalue weighted by atomic mass is 35.5. The van der Waals surface area contributed by atoms with Crippen molar-refractivity contribution in [3.63, 3.8) is 0 Å². The van der Waals surface area contributed by atoms with Crippen molar-refractivity contribution in [2.24, 2.45) is 28.6 Å². The summed E-state index contributed by atoms with van der Waals surface area (Å²) in [6, 6.07) is 0. The highest BCUT2D eigenvalue weighted by Crippen LogP contribution is 2.77. The third-order valence-corrected chi connectivity index (χ3v) is 9.82. The predicted molar refractivity (Wildman–Crippen MR) is 116 cm³/mol. The van der Waals surface area contributed by atoms with Crippen LogP contribution >= 0.6 is 11.6 Å². The zero-order valence-electron chi connectivity index (χ0n) is 18.7. The molecule has 8 atom stereocenters. The minimum Gasteiger partial charge on any atom is -0.450 e. The third kappa shape index (κ3) is 2.35. The van der Waals surface area contributed by atoms with Gasteiger partial charge in [0.05, 0.1) is 12.0 Å². The molecule has 1 unspecified atom stereocenters. The number of allylic oxidation sites excluding steroid dienone is 2. The van der Waals surface area contributed by atoms with Crippen molar-refractivity contribution >= 4 is 29.1 Å². The molecule has 5 aliphatic rings. The fourth-order valence-electron chi connectivity index (χ4n) is 8.19. The van der Waals surface area contributed by atoms with Crippen LogP contribution in [0.15, 0.2) is 23.8 Å². The molecule has 1 heterocycles. The lowest BCUT2D eigenvalue weighted by Gasteiger charge is -2.56. The Bertz CT molecular complexity index is 938. The number of esters is 1. The maximum atomic E-state index is 13.4. The highest BCUT2D eigenvalue weighted by Gasteiger charge is 2.82. The number of fused-ring (bicyclic) bond motifs is 3. The van der Waals surface area contributed by atoms with Crippen LogP contribution in [0.4, 0.5) is 0 Å². The summed E-state index contributed by atoms with van der Waals surface area (Å²) in [6.07, 6.45) is 8.93. The molecule has 5 nitrogen and oxygen atoms in total. The van der Waals surface area contributed by atoms with E-state index in [2.05, 4.69) is 13.8 Å². The van der Waals surface area contributed by atoms with Gasteiger partial charge < -0.3 is 9.47 Å². The molecule has 0 aromatic carbocycles. The van der Waals surface area contributed by atoms with Crippen LogP contribution in [0, 0.1) is 28.6 Å². The lowest BCUT2D eigenvalue weighted by Crippen LogP contribution is -2.63. The molecule has 4 aliphatic carbocycles. The second-order valence-corrected chi connectivity index (χ2v) is 10.9. The first-order valence-corrected chi connectivity index (χ1v) is 12.1. The van der Waals surface area contributed by atoms with Crippen LogP contribution in [-0.2, 0) is 23.9 Å². The molecule has 0 radical (unpaired) electrons. The van der Waals surface area contributed by atoms with Crippen LogP contribution in [0.1, 0.15) is 59.8 Å². The summed E-state index contributed by atoms with van der Waals surface area (Å²) in [5.74, 6) is -0.338. The van der Waals surface area contributed by atoms with E-state index < -0.39 is 11.0 Å². The van der Waals surface area contributed by atoms with Gasteiger partial charge in [-0.1, -0.05) is 32.4 Å². The lowest BCUT2D eigenvalue weighted by atomic mass is 9.46. The van der Waals surface area contributed by atoms with Crippen molar-refractivity contribution in [3.05, 3.63) is 23.8 Å². The normalized spacial score (nSPS) is 49.3. The fourth-order valence-corrected chi connectivity index (χ4v) is 8.39. The van der Waals surface area contributed by atoms with E-state index in [1.807, 2.05) is 13.0 Å². The summed E-state index contributed by atoms with van der Waals surface area (Å²) in [4.78, 5) is 37.9. The smallest absolute Gasteiger partial charge is 0.306 e. The first-order valence-electron chi connectivity index (χ1n) is 11.5. The van der Waals surface area contributed by atoms with Crippen LogP contribution in [0.3, 0.4) is 0 Å². The fraction of sp³-hybridized carbons (Fsp3) is 0.720. The van der Waals surface area contributed by atoms with Gasteiger partial charge in [0.1, 0.15) is 5.60 Å². The number of carbonyl (C=O) groups is 3. The number of epoxide rings is 1. The van der Waals surface area contributed by atoms with Crippen LogP contribution in [-0.4, -0.2) is 40.7 Å². The lowest BCUT2D eigenvalue weighted by molar-refractivity contribution is -0.190. The quantitative estimate of drug-likeness (QED) is 0.368. The summed E-state index contributed by atoms with van der Waals surface area (Å²) in [6.45, 7) is 8.10. The summed E-state index contributed by atoms with van der Waals surface area (Å²) in [7, 11) is 0. The SMILES string of the molecule is CCC(=O)O[C@]1(C(=O)CCl)[C@@H](C)C[C@H]2C3CCC4=CC(=O)C=C[C@]4(C)[C@]34O[C@@H]4C[C@@]21C. The Morgan fingerprint density at radius 1 is 1.29 bits per heavy atom. The molecule has 3 saturated carbocycles. The number of ketones is 2. The van der Waals surface area contributed by atoms with Crippen LogP contribution in [0.25, 0.3) is 0 Å². The highest BCUT2D eigenvalue weighted by molar-refractivity contribution is 6.29. The van der Waals surface area contributed by atoms with Gasteiger partial charge in [0, 0.05) is 23.2 Å². The van der Waals surface area contributed by atoms with Gasteiger partial charge in [-0.2, -0.15) is 0 Å². The number of ether oxygens (including phenoxy) is 2. The van der Waals surface area contributed by atoms with E-state index in [-0.39, 0.29) is 64.7 Å². The molecule has 1 spiro atoms. The van der Waals surface area contributed by atoms with E-state index in [1.54, 1.807) is 19.1 Å². The van der Waals surface area contributed by atoms with Crippen molar-refractivity contribution in [1.29, 1.82) is 0 Å². The molecule has 1 saturated heterocycles. The zero-order chi connectivity index (χ0) is 22.4. The molecule has 1 aliphatic heterocycles. The van der Waals surface area contributed by atoms with Gasteiger partial charge in [-0.25, -0.2) is 0 Å². The molecule has 0 bridgehead atoms. The largest absolute Gasteiger partial charge is 0.450 e.